The number of carbonyl (C=O) groups excluding carboxylic acids is 2. The van der Waals surface area contributed by atoms with Crippen molar-refractivity contribution in [1.29, 1.82) is 0 Å². The fourth-order valence-corrected chi connectivity index (χ4v) is 1.36. The molecule has 1 heterocycles. The predicted octanol–water partition coefficient (Wildman–Crippen LogP) is 1.10. The highest BCUT2D eigenvalue weighted by Gasteiger charge is 2.18. The molecule has 0 spiro atoms. The monoisotopic (exact) mass is 240 g/mol. The van der Waals surface area contributed by atoms with Crippen molar-refractivity contribution in [1.82, 2.24) is 0 Å². The highest BCUT2D eigenvalue weighted by atomic mass is 16.5. The van der Waals surface area contributed by atoms with Crippen molar-refractivity contribution in [2.75, 3.05) is 6.61 Å². The fourth-order valence-electron chi connectivity index (χ4n) is 1.36. The van der Waals surface area contributed by atoms with Crippen LogP contribution in [-0.2, 0) is 20.7 Å². The van der Waals surface area contributed by atoms with Crippen LogP contribution in [0.2, 0.25) is 0 Å². The summed E-state index contributed by atoms with van der Waals surface area (Å²) >= 11 is 0. The van der Waals surface area contributed by atoms with Crippen LogP contribution in [0.1, 0.15) is 25.5 Å². The van der Waals surface area contributed by atoms with E-state index >= 15 is 0 Å². The molecular weight excluding hydrogens is 224 g/mol. The van der Waals surface area contributed by atoms with Gasteiger partial charge in [-0.15, -0.1) is 0 Å². The van der Waals surface area contributed by atoms with E-state index in [-0.39, 0.29) is 25.0 Å². The van der Waals surface area contributed by atoms with Crippen LogP contribution >= 0.6 is 0 Å². The number of aliphatic hydroxyl groups is 1. The van der Waals surface area contributed by atoms with Gasteiger partial charge in [0.25, 0.3) is 0 Å². The Morgan fingerprint density at radius 2 is 2.24 bits per heavy atom. The lowest BCUT2D eigenvalue weighted by molar-refractivity contribution is -0.145. The van der Waals surface area contributed by atoms with Crippen molar-refractivity contribution < 1.29 is 23.8 Å². The topological polar surface area (TPSA) is 76.7 Å². The third-order valence-corrected chi connectivity index (χ3v) is 2.23. The normalized spacial score (nSPS) is 12.1. The van der Waals surface area contributed by atoms with Crippen LogP contribution in [0.25, 0.3) is 0 Å². The van der Waals surface area contributed by atoms with Crippen molar-refractivity contribution in [3.05, 3.63) is 24.2 Å². The Hall–Kier alpha value is -1.62. The average Bonchev–Trinajstić information content (AvgIpc) is 2.79. The molecule has 1 atom stereocenters. The SMILES string of the molecule is CCOC(=O)CCC(=O)C(O)Cc1ccco1. The van der Waals surface area contributed by atoms with Crippen molar-refractivity contribution in [3.8, 4) is 0 Å². The molecule has 1 aromatic heterocycles. The molecule has 0 aliphatic carbocycles. The summed E-state index contributed by atoms with van der Waals surface area (Å²) in [5.74, 6) is -0.262. The van der Waals surface area contributed by atoms with Crippen molar-refractivity contribution in [2.24, 2.45) is 0 Å². The van der Waals surface area contributed by atoms with E-state index in [1.807, 2.05) is 0 Å². The van der Waals surface area contributed by atoms with E-state index in [0.717, 1.165) is 0 Å². The summed E-state index contributed by atoms with van der Waals surface area (Å²) in [5.41, 5.74) is 0. The van der Waals surface area contributed by atoms with Crippen LogP contribution in [0, 0.1) is 0 Å². The minimum absolute atomic E-state index is 0.00187. The lowest BCUT2D eigenvalue weighted by Gasteiger charge is -2.07. The van der Waals surface area contributed by atoms with E-state index in [1.165, 1.54) is 6.26 Å². The minimum Gasteiger partial charge on any atom is -0.469 e. The number of rotatable bonds is 7. The molecule has 17 heavy (non-hydrogen) atoms. The maximum absolute atomic E-state index is 11.5. The molecule has 0 fully saturated rings. The third kappa shape index (κ3) is 4.82. The van der Waals surface area contributed by atoms with Crippen LogP contribution in [0.15, 0.2) is 22.8 Å². The maximum atomic E-state index is 11.5. The van der Waals surface area contributed by atoms with E-state index in [9.17, 15) is 14.7 Å². The summed E-state index contributed by atoms with van der Waals surface area (Å²) in [6.07, 6.45) is 0.471. The van der Waals surface area contributed by atoms with Crippen molar-refractivity contribution >= 4 is 11.8 Å². The van der Waals surface area contributed by atoms with Crippen molar-refractivity contribution in [3.63, 3.8) is 0 Å². The van der Waals surface area contributed by atoms with Crippen LogP contribution in [0.3, 0.4) is 0 Å². The summed E-state index contributed by atoms with van der Waals surface area (Å²) in [5, 5.41) is 9.57. The van der Waals surface area contributed by atoms with Gasteiger partial charge in [0.2, 0.25) is 0 Å². The van der Waals surface area contributed by atoms with Gasteiger partial charge in [-0.3, -0.25) is 9.59 Å². The Morgan fingerprint density at radius 1 is 1.47 bits per heavy atom. The second kappa shape index (κ2) is 6.85. The maximum Gasteiger partial charge on any atom is 0.306 e. The molecule has 1 aromatic rings. The number of hydrogen-bond acceptors (Lipinski definition) is 5. The zero-order valence-electron chi connectivity index (χ0n) is 9.72. The number of furan rings is 1. The van der Waals surface area contributed by atoms with E-state index in [1.54, 1.807) is 19.1 Å². The van der Waals surface area contributed by atoms with Gasteiger partial charge < -0.3 is 14.3 Å². The molecule has 0 saturated carbocycles. The zero-order chi connectivity index (χ0) is 12.7. The number of hydrogen-bond donors (Lipinski definition) is 1. The van der Waals surface area contributed by atoms with Gasteiger partial charge in [0.1, 0.15) is 11.9 Å². The molecule has 0 saturated heterocycles. The first-order chi connectivity index (χ1) is 8.13. The number of ketones is 1. The standard InChI is InChI=1S/C12H16O5/c1-2-16-12(15)6-5-10(13)11(14)8-9-4-3-7-17-9/h3-4,7,11,14H,2,5-6,8H2,1H3. The van der Waals surface area contributed by atoms with Gasteiger partial charge in [-0.05, 0) is 19.1 Å². The van der Waals surface area contributed by atoms with Gasteiger partial charge in [0, 0.05) is 12.8 Å². The smallest absolute Gasteiger partial charge is 0.306 e. The van der Waals surface area contributed by atoms with E-state index in [0.29, 0.717) is 12.4 Å². The summed E-state index contributed by atoms with van der Waals surface area (Å²) < 4.78 is 9.70. The Balaban J connectivity index is 2.29. The molecular formula is C12H16O5. The van der Waals surface area contributed by atoms with Crippen LogP contribution in [-0.4, -0.2) is 29.6 Å². The summed E-state index contributed by atoms with van der Waals surface area (Å²) in [7, 11) is 0. The molecule has 94 valence electrons. The highest BCUT2D eigenvalue weighted by molar-refractivity contribution is 5.86. The van der Waals surface area contributed by atoms with E-state index < -0.39 is 12.1 Å². The van der Waals surface area contributed by atoms with Gasteiger partial charge >= 0.3 is 5.97 Å². The minimum atomic E-state index is -1.13. The largest absolute Gasteiger partial charge is 0.469 e. The fraction of sp³-hybridized carbons (Fsp3) is 0.500. The lowest BCUT2D eigenvalue weighted by Crippen LogP contribution is -2.23. The number of esters is 1. The second-order valence-corrected chi connectivity index (χ2v) is 3.57. The third-order valence-electron chi connectivity index (χ3n) is 2.23. The molecule has 0 bridgehead atoms. The summed E-state index contributed by atoms with van der Waals surface area (Å²) in [6, 6.07) is 3.37. The number of ether oxygens (including phenoxy) is 1. The quantitative estimate of drug-likeness (QED) is 0.722. The Labute approximate surface area is 99.4 Å². The Kier molecular flexibility index (Phi) is 5.42. The molecule has 0 aliphatic rings. The van der Waals surface area contributed by atoms with Gasteiger partial charge in [0.05, 0.1) is 19.3 Å². The molecule has 0 amide bonds. The number of Topliss-reactive ketones (excluding diaryl/α,β-unsaturated/α-hetero) is 1. The summed E-state index contributed by atoms with van der Waals surface area (Å²) in [4.78, 5) is 22.5. The van der Waals surface area contributed by atoms with Gasteiger partial charge in [-0.1, -0.05) is 0 Å². The van der Waals surface area contributed by atoms with Gasteiger partial charge in [-0.2, -0.15) is 0 Å². The molecule has 5 nitrogen and oxygen atoms in total. The van der Waals surface area contributed by atoms with Crippen LogP contribution < -0.4 is 0 Å². The predicted molar refractivity (Wildman–Crippen MR) is 59.3 cm³/mol. The van der Waals surface area contributed by atoms with E-state index in [4.69, 9.17) is 4.42 Å². The van der Waals surface area contributed by atoms with Crippen LogP contribution in [0.4, 0.5) is 0 Å². The number of carbonyl (C=O) groups is 2. The first-order valence-electron chi connectivity index (χ1n) is 5.52. The molecule has 1 rings (SSSR count). The van der Waals surface area contributed by atoms with Crippen molar-refractivity contribution in [2.45, 2.75) is 32.3 Å². The lowest BCUT2D eigenvalue weighted by atomic mass is 10.1. The molecule has 5 heteroatoms. The summed E-state index contributed by atoms with van der Waals surface area (Å²) in [6.45, 7) is 1.99. The van der Waals surface area contributed by atoms with Crippen LogP contribution in [0.5, 0.6) is 0 Å². The van der Waals surface area contributed by atoms with E-state index in [2.05, 4.69) is 4.74 Å². The number of aliphatic hydroxyl groups excluding tert-OH is 1. The zero-order valence-corrected chi connectivity index (χ0v) is 9.72. The van der Waals surface area contributed by atoms with Gasteiger partial charge in [0.15, 0.2) is 5.78 Å². The highest BCUT2D eigenvalue weighted by Crippen LogP contribution is 2.07. The molecule has 0 aromatic carbocycles. The molecule has 0 radical (unpaired) electrons. The first kappa shape index (κ1) is 13.4. The second-order valence-electron chi connectivity index (χ2n) is 3.57. The molecule has 1 unspecified atom stereocenters. The Morgan fingerprint density at radius 3 is 2.82 bits per heavy atom. The molecule has 0 aliphatic heterocycles. The van der Waals surface area contributed by atoms with Gasteiger partial charge in [-0.25, -0.2) is 0 Å². The average molecular weight is 240 g/mol. The molecule has 1 N–H and O–H groups in total. The Bertz CT molecular complexity index is 355. The first-order valence-corrected chi connectivity index (χ1v) is 5.52.